The molecule has 0 bridgehead atoms. The molecule has 0 spiro atoms. The van der Waals surface area contributed by atoms with Gasteiger partial charge in [-0.1, -0.05) is 29.4 Å². The number of hydrogen-bond acceptors (Lipinski definition) is 6. The van der Waals surface area contributed by atoms with E-state index in [1.54, 1.807) is 43.7 Å². The molecule has 2 heterocycles. The molecule has 0 radical (unpaired) electrons. The van der Waals surface area contributed by atoms with E-state index in [-0.39, 0.29) is 11.5 Å². The standard InChI is InChI=1S/C22H18ClN3O3S/c1-14-5-8-16(23)12-18(14)26-21(20-4-3-11-29-20)24-25-22(26)30-13-19(27)15-6-9-17(28-2)10-7-15/h3-12H,13H2,1-2H3. The summed E-state index contributed by atoms with van der Waals surface area (Å²) in [5.74, 6) is 2.03. The molecular formula is C22H18ClN3O3S. The first-order chi connectivity index (χ1) is 14.6. The monoisotopic (exact) mass is 439 g/mol. The molecule has 2 aromatic heterocycles. The number of methoxy groups -OCH3 is 1. The zero-order chi connectivity index (χ0) is 21.1. The molecular weight excluding hydrogens is 422 g/mol. The summed E-state index contributed by atoms with van der Waals surface area (Å²) in [6.45, 7) is 1.98. The topological polar surface area (TPSA) is 70.2 Å². The average Bonchev–Trinajstić information content (AvgIpc) is 3.43. The fourth-order valence-corrected chi connectivity index (χ4v) is 3.97. The van der Waals surface area contributed by atoms with E-state index >= 15 is 0 Å². The van der Waals surface area contributed by atoms with Crippen LogP contribution in [0.2, 0.25) is 5.02 Å². The molecule has 0 aliphatic carbocycles. The Morgan fingerprint density at radius 3 is 2.67 bits per heavy atom. The van der Waals surface area contributed by atoms with Crippen LogP contribution < -0.4 is 4.74 Å². The maximum Gasteiger partial charge on any atom is 0.205 e. The van der Waals surface area contributed by atoms with Crippen LogP contribution in [0.5, 0.6) is 5.75 Å². The van der Waals surface area contributed by atoms with Gasteiger partial charge in [-0.2, -0.15) is 0 Å². The van der Waals surface area contributed by atoms with Gasteiger partial charge < -0.3 is 9.15 Å². The molecule has 0 saturated heterocycles. The highest BCUT2D eigenvalue weighted by molar-refractivity contribution is 7.99. The molecule has 0 saturated carbocycles. The van der Waals surface area contributed by atoms with Crippen molar-refractivity contribution in [1.82, 2.24) is 14.8 Å². The Balaban J connectivity index is 1.66. The molecule has 0 N–H and O–H groups in total. The van der Waals surface area contributed by atoms with Gasteiger partial charge >= 0.3 is 0 Å². The predicted octanol–water partition coefficient (Wildman–Crippen LogP) is 5.47. The smallest absolute Gasteiger partial charge is 0.205 e. The normalized spacial score (nSPS) is 10.9. The highest BCUT2D eigenvalue weighted by Crippen LogP contribution is 2.31. The minimum atomic E-state index is -0.0143. The maximum absolute atomic E-state index is 12.7. The lowest BCUT2D eigenvalue weighted by Crippen LogP contribution is -2.06. The van der Waals surface area contributed by atoms with Gasteiger partial charge in [0.2, 0.25) is 5.82 Å². The summed E-state index contributed by atoms with van der Waals surface area (Å²) < 4.78 is 12.5. The molecule has 0 atom stereocenters. The van der Waals surface area contributed by atoms with Crippen LogP contribution >= 0.6 is 23.4 Å². The highest BCUT2D eigenvalue weighted by Gasteiger charge is 2.20. The van der Waals surface area contributed by atoms with Crippen LogP contribution in [0.4, 0.5) is 0 Å². The summed E-state index contributed by atoms with van der Waals surface area (Å²) in [7, 11) is 1.59. The first-order valence-corrected chi connectivity index (χ1v) is 10.5. The minimum Gasteiger partial charge on any atom is -0.497 e. The van der Waals surface area contributed by atoms with Gasteiger partial charge in [-0.05, 0) is 61.0 Å². The third-order valence-corrected chi connectivity index (χ3v) is 5.70. The molecule has 4 aromatic rings. The number of nitrogens with zero attached hydrogens (tertiary/aromatic N) is 3. The minimum absolute atomic E-state index is 0.0143. The van der Waals surface area contributed by atoms with Crippen molar-refractivity contribution in [3.8, 4) is 23.0 Å². The van der Waals surface area contributed by atoms with Crippen molar-refractivity contribution in [2.45, 2.75) is 12.1 Å². The lowest BCUT2D eigenvalue weighted by molar-refractivity contribution is 0.102. The summed E-state index contributed by atoms with van der Waals surface area (Å²) in [6.07, 6.45) is 1.58. The van der Waals surface area contributed by atoms with E-state index in [9.17, 15) is 4.79 Å². The first kappa shape index (κ1) is 20.3. The SMILES string of the molecule is COc1ccc(C(=O)CSc2nnc(-c3ccco3)n2-c2cc(Cl)ccc2C)cc1. The van der Waals surface area contributed by atoms with E-state index in [1.807, 2.05) is 35.8 Å². The number of rotatable bonds is 7. The van der Waals surface area contributed by atoms with Gasteiger partial charge in [0, 0.05) is 10.6 Å². The molecule has 0 aliphatic rings. The molecule has 0 unspecified atom stereocenters. The number of aryl methyl sites for hydroxylation is 1. The molecule has 4 rings (SSSR count). The van der Waals surface area contributed by atoms with Crippen LogP contribution in [0, 0.1) is 6.92 Å². The second kappa shape index (κ2) is 8.77. The Labute approximate surface area is 182 Å². The zero-order valence-corrected chi connectivity index (χ0v) is 17.9. The van der Waals surface area contributed by atoms with E-state index in [0.717, 1.165) is 11.3 Å². The van der Waals surface area contributed by atoms with Crippen molar-refractivity contribution in [2.75, 3.05) is 12.9 Å². The maximum atomic E-state index is 12.7. The van der Waals surface area contributed by atoms with Gasteiger partial charge in [-0.3, -0.25) is 9.36 Å². The van der Waals surface area contributed by atoms with Gasteiger partial charge in [-0.15, -0.1) is 10.2 Å². The van der Waals surface area contributed by atoms with Crippen molar-refractivity contribution in [2.24, 2.45) is 0 Å². The molecule has 2 aromatic carbocycles. The lowest BCUT2D eigenvalue weighted by Gasteiger charge is -2.12. The fraction of sp³-hybridized carbons (Fsp3) is 0.136. The number of halogens is 1. The Kier molecular flexibility index (Phi) is 5.92. The number of carbonyl (C=O) groups is 1. The molecule has 6 nitrogen and oxygen atoms in total. The zero-order valence-electron chi connectivity index (χ0n) is 16.3. The summed E-state index contributed by atoms with van der Waals surface area (Å²) in [4.78, 5) is 12.7. The Morgan fingerprint density at radius 2 is 1.97 bits per heavy atom. The van der Waals surface area contributed by atoms with Crippen molar-refractivity contribution in [1.29, 1.82) is 0 Å². The van der Waals surface area contributed by atoms with Crippen LogP contribution in [-0.2, 0) is 0 Å². The van der Waals surface area contributed by atoms with Crippen molar-refractivity contribution >= 4 is 29.1 Å². The third kappa shape index (κ3) is 4.13. The number of ketones is 1. The van der Waals surface area contributed by atoms with E-state index in [4.69, 9.17) is 20.8 Å². The third-order valence-electron chi connectivity index (χ3n) is 4.53. The molecule has 0 aliphatic heterocycles. The van der Waals surface area contributed by atoms with Gasteiger partial charge in [0.15, 0.2) is 16.7 Å². The summed E-state index contributed by atoms with van der Waals surface area (Å²) in [5.41, 5.74) is 2.44. The summed E-state index contributed by atoms with van der Waals surface area (Å²) in [6, 6.07) is 16.3. The van der Waals surface area contributed by atoms with Crippen LogP contribution in [0.1, 0.15) is 15.9 Å². The second-order valence-electron chi connectivity index (χ2n) is 6.49. The number of ether oxygens (including phenoxy) is 1. The Bertz CT molecular complexity index is 1170. The number of thioether (sulfide) groups is 1. The number of carbonyl (C=O) groups excluding carboxylic acids is 1. The van der Waals surface area contributed by atoms with Crippen LogP contribution in [0.15, 0.2) is 70.4 Å². The molecule has 8 heteroatoms. The number of benzene rings is 2. The number of Topliss-reactive ketones (excluding diaryl/α,β-unsaturated/α-hetero) is 1. The van der Waals surface area contributed by atoms with Gasteiger partial charge in [0.25, 0.3) is 0 Å². The number of furan rings is 1. The lowest BCUT2D eigenvalue weighted by atomic mass is 10.1. The molecule has 152 valence electrons. The van der Waals surface area contributed by atoms with Crippen molar-refractivity contribution < 1.29 is 13.9 Å². The number of aromatic nitrogens is 3. The van der Waals surface area contributed by atoms with Crippen molar-refractivity contribution in [3.05, 3.63) is 77.0 Å². The van der Waals surface area contributed by atoms with Crippen LogP contribution in [0.25, 0.3) is 17.3 Å². The second-order valence-corrected chi connectivity index (χ2v) is 7.87. The first-order valence-electron chi connectivity index (χ1n) is 9.12. The fourth-order valence-electron chi connectivity index (χ4n) is 2.96. The van der Waals surface area contributed by atoms with Gasteiger partial charge in [0.1, 0.15) is 5.75 Å². The predicted molar refractivity (Wildman–Crippen MR) is 117 cm³/mol. The Morgan fingerprint density at radius 1 is 1.17 bits per heavy atom. The van der Waals surface area contributed by atoms with Crippen LogP contribution in [0.3, 0.4) is 0 Å². The summed E-state index contributed by atoms with van der Waals surface area (Å²) in [5, 5.41) is 9.79. The van der Waals surface area contributed by atoms with Crippen molar-refractivity contribution in [3.63, 3.8) is 0 Å². The molecule has 0 fully saturated rings. The highest BCUT2D eigenvalue weighted by atomic mass is 35.5. The van der Waals surface area contributed by atoms with E-state index < -0.39 is 0 Å². The quantitative estimate of drug-likeness (QED) is 0.281. The Hall–Kier alpha value is -3.03. The largest absolute Gasteiger partial charge is 0.497 e. The molecule has 30 heavy (non-hydrogen) atoms. The van der Waals surface area contributed by atoms with Gasteiger partial charge in [-0.25, -0.2) is 0 Å². The molecule has 0 amide bonds. The van der Waals surface area contributed by atoms with E-state index in [2.05, 4.69) is 10.2 Å². The van der Waals surface area contributed by atoms with Crippen LogP contribution in [-0.4, -0.2) is 33.4 Å². The number of hydrogen-bond donors (Lipinski definition) is 0. The summed E-state index contributed by atoms with van der Waals surface area (Å²) >= 11 is 7.56. The van der Waals surface area contributed by atoms with E-state index in [0.29, 0.717) is 33.1 Å². The van der Waals surface area contributed by atoms with Gasteiger partial charge in [0.05, 0.1) is 24.8 Å². The average molecular weight is 440 g/mol. The van der Waals surface area contributed by atoms with E-state index in [1.165, 1.54) is 11.8 Å².